The number of nitrogens with one attached hydrogen (secondary N) is 1. The highest BCUT2D eigenvalue weighted by Gasteiger charge is 2.30. The first-order valence-electron chi connectivity index (χ1n) is 13.0. The van der Waals surface area contributed by atoms with Crippen LogP contribution in [0.4, 0.5) is 0 Å². The topological polar surface area (TPSA) is 58.6 Å². The second-order valence-electron chi connectivity index (χ2n) is 9.20. The maximum Gasteiger partial charge on any atom is 0.243 e. The number of halogens is 1. The van der Waals surface area contributed by atoms with Crippen LogP contribution in [0, 0.1) is 6.92 Å². The Kier molecular flexibility index (Phi) is 11.5. The van der Waals surface area contributed by atoms with Crippen molar-refractivity contribution in [2.24, 2.45) is 0 Å². The van der Waals surface area contributed by atoms with Crippen LogP contribution in [0.15, 0.2) is 78.9 Å². The van der Waals surface area contributed by atoms with E-state index >= 15 is 0 Å². The number of unbranched alkanes of at least 4 members (excludes halogenated alkanes) is 1. The number of hydrogen-bond acceptors (Lipinski definition) is 3. The van der Waals surface area contributed by atoms with E-state index in [-0.39, 0.29) is 18.2 Å². The van der Waals surface area contributed by atoms with Gasteiger partial charge in [-0.3, -0.25) is 9.59 Å². The van der Waals surface area contributed by atoms with Crippen molar-refractivity contribution < 1.29 is 14.3 Å². The molecule has 0 aromatic heterocycles. The fraction of sp³-hybridized carbons (Fsp3) is 0.355. The Morgan fingerprint density at radius 2 is 1.65 bits per heavy atom. The number of nitrogens with zero attached hydrogens (tertiary/aromatic N) is 1. The van der Waals surface area contributed by atoms with Gasteiger partial charge < -0.3 is 15.0 Å². The lowest BCUT2D eigenvalue weighted by Crippen LogP contribution is -2.50. The van der Waals surface area contributed by atoms with Gasteiger partial charge in [-0.1, -0.05) is 79.5 Å². The number of aryl methyl sites for hydroxylation is 1. The SMILES string of the molecule is CCCCNC(=O)C(Cc1ccccc1)N(Cc1ccccc1C)C(=O)CCCOc1ccc(Cl)cc1. The molecule has 1 atom stereocenters. The van der Waals surface area contributed by atoms with Gasteiger partial charge in [-0.2, -0.15) is 0 Å². The summed E-state index contributed by atoms with van der Waals surface area (Å²) in [4.78, 5) is 28.8. The predicted octanol–water partition coefficient (Wildman–Crippen LogP) is 6.36. The quantitative estimate of drug-likeness (QED) is 0.251. The van der Waals surface area contributed by atoms with Gasteiger partial charge in [-0.25, -0.2) is 0 Å². The molecule has 0 spiro atoms. The fourth-order valence-corrected chi connectivity index (χ4v) is 4.24. The van der Waals surface area contributed by atoms with E-state index in [1.165, 1.54) is 0 Å². The molecule has 0 aliphatic heterocycles. The molecular weight excluding hydrogens is 484 g/mol. The van der Waals surface area contributed by atoms with Crippen LogP contribution in [0.3, 0.4) is 0 Å². The van der Waals surface area contributed by atoms with Gasteiger partial charge in [-0.15, -0.1) is 0 Å². The number of benzene rings is 3. The van der Waals surface area contributed by atoms with Crippen molar-refractivity contribution in [1.29, 1.82) is 0 Å². The van der Waals surface area contributed by atoms with Crippen LogP contribution in [0.1, 0.15) is 49.3 Å². The van der Waals surface area contributed by atoms with Crippen LogP contribution in [0.5, 0.6) is 5.75 Å². The standard InChI is InChI=1S/C31H37ClN2O3/c1-3-4-20-33-31(36)29(22-25-12-6-5-7-13-25)34(23-26-14-9-8-11-24(26)2)30(35)15-10-21-37-28-18-16-27(32)17-19-28/h5-9,11-14,16-19,29H,3-4,10,15,20-23H2,1-2H3,(H,33,36). The van der Waals surface area contributed by atoms with Crippen molar-refractivity contribution in [3.05, 3.63) is 101 Å². The number of amides is 2. The average molecular weight is 521 g/mol. The molecule has 37 heavy (non-hydrogen) atoms. The van der Waals surface area contributed by atoms with Crippen molar-refractivity contribution in [3.63, 3.8) is 0 Å². The third-order valence-corrected chi connectivity index (χ3v) is 6.57. The molecule has 3 aromatic carbocycles. The van der Waals surface area contributed by atoms with E-state index < -0.39 is 6.04 Å². The van der Waals surface area contributed by atoms with Crippen LogP contribution < -0.4 is 10.1 Å². The summed E-state index contributed by atoms with van der Waals surface area (Å²) in [6.45, 7) is 5.50. The van der Waals surface area contributed by atoms with Crippen LogP contribution in [-0.4, -0.2) is 35.9 Å². The number of carbonyl (C=O) groups excluding carboxylic acids is 2. The first-order chi connectivity index (χ1) is 18.0. The lowest BCUT2D eigenvalue weighted by molar-refractivity contribution is -0.141. The molecule has 1 unspecified atom stereocenters. The summed E-state index contributed by atoms with van der Waals surface area (Å²) in [6.07, 6.45) is 3.17. The van der Waals surface area contributed by atoms with E-state index in [9.17, 15) is 9.59 Å². The zero-order valence-corrected chi connectivity index (χ0v) is 22.5. The maximum atomic E-state index is 13.7. The minimum atomic E-state index is -0.608. The van der Waals surface area contributed by atoms with Crippen molar-refractivity contribution in [2.75, 3.05) is 13.2 Å². The molecule has 5 nitrogen and oxygen atoms in total. The predicted molar refractivity (Wildman–Crippen MR) is 150 cm³/mol. The van der Waals surface area contributed by atoms with Gasteiger partial charge in [0.2, 0.25) is 11.8 Å². The molecular formula is C31H37ClN2O3. The van der Waals surface area contributed by atoms with Gasteiger partial charge in [-0.05, 0) is 60.7 Å². The van der Waals surface area contributed by atoms with Crippen molar-refractivity contribution in [3.8, 4) is 5.75 Å². The summed E-state index contributed by atoms with van der Waals surface area (Å²) in [6, 6.07) is 24.5. The van der Waals surface area contributed by atoms with Crippen molar-refractivity contribution in [1.82, 2.24) is 10.2 Å². The smallest absolute Gasteiger partial charge is 0.243 e. The Labute approximate surface area is 225 Å². The molecule has 196 valence electrons. The molecule has 0 saturated heterocycles. The lowest BCUT2D eigenvalue weighted by Gasteiger charge is -2.32. The van der Waals surface area contributed by atoms with Crippen LogP contribution >= 0.6 is 11.6 Å². The third-order valence-electron chi connectivity index (χ3n) is 6.32. The summed E-state index contributed by atoms with van der Waals surface area (Å²) in [5.74, 6) is 0.539. The summed E-state index contributed by atoms with van der Waals surface area (Å²) in [5.41, 5.74) is 3.15. The van der Waals surface area contributed by atoms with Gasteiger partial charge in [0, 0.05) is 31.0 Å². The molecule has 0 aliphatic carbocycles. The van der Waals surface area contributed by atoms with Gasteiger partial charge >= 0.3 is 0 Å². The van der Waals surface area contributed by atoms with Gasteiger partial charge in [0.1, 0.15) is 11.8 Å². The number of rotatable bonds is 14. The highest BCUT2D eigenvalue weighted by Crippen LogP contribution is 2.19. The lowest BCUT2D eigenvalue weighted by atomic mass is 10.0. The molecule has 6 heteroatoms. The van der Waals surface area contributed by atoms with Crippen LogP contribution in [0.25, 0.3) is 0 Å². The summed E-state index contributed by atoms with van der Waals surface area (Å²) >= 11 is 5.94. The van der Waals surface area contributed by atoms with Crippen molar-refractivity contribution in [2.45, 2.75) is 58.5 Å². The number of ether oxygens (including phenoxy) is 1. The zero-order valence-electron chi connectivity index (χ0n) is 21.8. The summed E-state index contributed by atoms with van der Waals surface area (Å²) in [5, 5.41) is 3.71. The summed E-state index contributed by atoms with van der Waals surface area (Å²) < 4.78 is 5.79. The van der Waals surface area contributed by atoms with Gasteiger partial charge in [0.25, 0.3) is 0 Å². The third kappa shape index (κ3) is 9.25. The molecule has 0 radical (unpaired) electrons. The average Bonchev–Trinajstić information content (AvgIpc) is 2.91. The highest BCUT2D eigenvalue weighted by molar-refractivity contribution is 6.30. The van der Waals surface area contributed by atoms with Gasteiger partial charge in [0.05, 0.1) is 6.61 Å². The Morgan fingerprint density at radius 1 is 0.946 bits per heavy atom. The van der Waals surface area contributed by atoms with E-state index in [1.54, 1.807) is 17.0 Å². The van der Waals surface area contributed by atoms with E-state index in [0.717, 1.165) is 29.5 Å². The van der Waals surface area contributed by atoms with Crippen LogP contribution in [-0.2, 0) is 22.6 Å². The molecule has 0 fully saturated rings. The normalized spacial score (nSPS) is 11.5. The molecule has 2 amide bonds. The molecule has 1 N–H and O–H groups in total. The van der Waals surface area contributed by atoms with Gasteiger partial charge in [0.15, 0.2) is 0 Å². The maximum absolute atomic E-state index is 13.7. The number of hydrogen-bond donors (Lipinski definition) is 1. The molecule has 3 rings (SSSR count). The minimum absolute atomic E-state index is 0.0606. The Hall–Kier alpha value is -3.31. The largest absolute Gasteiger partial charge is 0.494 e. The zero-order chi connectivity index (χ0) is 26.5. The minimum Gasteiger partial charge on any atom is -0.494 e. The Balaban J connectivity index is 1.78. The first kappa shape index (κ1) is 28.3. The van der Waals surface area contributed by atoms with E-state index in [0.29, 0.717) is 43.3 Å². The highest BCUT2D eigenvalue weighted by atomic mass is 35.5. The molecule has 3 aromatic rings. The molecule has 0 aliphatic rings. The second kappa shape index (κ2) is 15.1. The van der Waals surface area contributed by atoms with E-state index in [4.69, 9.17) is 16.3 Å². The van der Waals surface area contributed by atoms with E-state index in [1.807, 2.05) is 73.7 Å². The van der Waals surface area contributed by atoms with E-state index in [2.05, 4.69) is 12.2 Å². The van der Waals surface area contributed by atoms with Crippen molar-refractivity contribution >= 4 is 23.4 Å². The number of carbonyl (C=O) groups is 2. The van der Waals surface area contributed by atoms with Crippen LogP contribution in [0.2, 0.25) is 5.02 Å². The Morgan fingerprint density at radius 3 is 2.35 bits per heavy atom. The second-order valence-corrected chi connectivity index (χ2v) is 9.64. The Bertz CT molecular complexity index is 1120. The molecule has 0 bridgehead atoms. The fourth-order valence-electron chi connectivity index (χ4n) is 4.12. The molecule has 0 heterocycles. The summed E-state index contributed by atoms with van der Waals surface area (Å²) in [7, 11) is 0. The monoisotopic (exact) mass is 520 g/mol. The first-order valence-corrected chi connectivity index (χ1v) is 13.4. The molecule has 0 saturated carbocycles.